The Morgan fingerprint density at radius 3 is 2.53 bits per heavy atom. The van der Waals surface area contributed by atoms with Crippen LogP contribution in [0.3, 0.4) is 0 Å². The van der Waals surface area contributed by atoms with Crippen molar-refractivity contribution < 1.29 is 24.2 Å². The summed E-state index contributed by atoms with van der Waals surface area (Å²) in [5.41, 5.74) is 0.872. The molecule has 4 atom stereocenters. The molecule has 4 aliphatic rings. The van der Waals surface area contributed by atoms with Gasteiger partial charge in [0.25, 0.3) is 5.91 Å². The number of phenolic OH excluding ortho intramolecular Hbond substituents is 1. The standard InChI is InChI=1S/C26H26Cl2N2O5S/c1-26(2)13-3-5-19(16(26)9-13)29-24(33)15-10-14(4-6-20(15)31)35-22-17(27)7-12(8-18(22)28)23-25(34)30-21(32)11-36-23/h4,6-8,10,13,16,19,23,31H,3,5,9,11H2,1-2H3,(H,29,33)(H,30,32,34). The van der Waals surface area contributed by atoms with Gasteiger partial charge in [0.05, 0.1) is 21.4 Å². The summed E-state index contributed by atoms with van der Waals surface area (Å²) in [6.07, 6.45) is 3.15. The molecule has 4 fully saturated rings. The molecule has 1 heterocycles. The number of aromatic hydroxyl groups is 1. The number of hydrogen-bond donors (Lipinski definition) is 3. The van der Waals surface area contributed by atoms with Gasteiger partial charge in [-0.1, -0.05) is 37.0 Å². The second kappa shape index (κ2) is 9.47. The summed E-state index contributed by atoms with van der Waals surface area (Å²) in [5, 5.41) is 15.5. The Morgan fingerprint density at radius 2 is 1.89 bits per heavy atom. The van der Waals surface area contributed by atoms with E-state index < -0.39 is 11.2 Å². The second-order valence-corrected chi connectivity index (χ2v) is 12.1. The van der Waals surface area contributed by atoms with Crippen molar-refractivity contribution in [2.75, 3.05) is 5.75 Å². The summed E-state index contributed by atoms with van der Waals surface area (Å²) in [7, 11) is 0. The number of imide groups is 1. The van der Waals surface area contributed by atoms with Crippen LogP contribution in [0.5, 0.6) is 17.2 Å². The van der Waals surface area contributed by atoms with Crippen molar-refractivity contribution in [2.45, 2.75) is 44.4 Å². The highest BCUT2D eigenvalue weighted by molar-refractivity contribution is 8.01. The molecule has 3 N–H and O–H groups in total. The van der Waals surface area contributed by atoms with Crippen LogP contribution in [0.4, 0.5) is 0 Å². The normalized spacial score (nSPS) is 26.6. The molecule has 0 aromatic heterocycles. The van der Waals surface area contributed by atoms with Gasteiger partial charge in [0.2, 0.25) is 11.8 Å². The van der Waals surface area contributed by atoms with Crippen LogP contribution in [0.15, 0.2) is 30.3 Å². The molecule has 10 heteroatoms. The number of nitrogens with one attached hydrogen (secondary N) is 2. The average molecular weight is 549 g/mol. The largest absolute Gasteiger partial charge is 0.507 e. The van der Waals surface area contributed by atoms with Gasteiger partial charge in [-0.2, -0.15) is 0 Å². The maximum Gasteiger partial charge on any atom is 0.255 e. The number of fused-ring (bicyclic) bond motifs is 2. The number of carbonyl (C=O) groups is 3. The minimum absolute atomic E-state index is 0.0723. The van der Waals surface area contributed by atoms with Crippen molar-refractivity contribution in [2.24, 2.45) is 17.3 Å². The Hall–Kier alpha value is -2.42. The van der Waals surface area contributed by atoms with Gasteiger partial charge < -0.3 is 15.2 Å². The molecule has 3 saturated carbocycles. The number of halogens is 2. The summed E-state index contributed by atoms with van der Waals surface area (Å²) >= 11 is 14.1. The van der Waals surface area contributed by atoms with Gasteiger partial charge in [-0.25, -0.2) is 0 Å². The number of amides is 3. The van der Waals surface area contributed by atoms with Crippen molar-refractivity contribution in [3.63, 3.8) is 0 Å². The van der Waals surface area contributed by atoms with E-state index in [1.54, 1.807) is 12.1 Å². The number of phenols is 1. The maximum atomic E-state index is 13.1. The van der Waals surface area contributed by atoms with Crippen LogP contribution in [0.2, 0.25) is 10.0 Å². The fourth-order valence-electron chi connectivity index (χ4n) is 5.66. The van der Waals surface area contributed by atoms with Crippen LogP contribution < -0.4 is 15.4 Å². The molecule has 3 amide bonds. The molecule has 2 aromatic rings. The zero-order valence-corrected chi connectivity index (χ0v) is 22.1. The van der Waals surface area contributed by atoms with Crippen LogP contribution in [-0.2, 0) is 9.59 Å². The van der Waals surface area contributed by atoms with Crippen LogP contribution >= 0.6 is 35.0 Å². The molecule has 36 heavy (non-hydrogen) atoms. The van der Waals surface area contributed by atoms with Crippen molar-refractivity contribution in [1.82, 2.24) is 10.6 Å². The van der Waals surface area contributed by atoms with Gasteiger partial charge in [0.1, 0.15) is 16.7 Å². The highest BCUT2D eigenvalue weighted by Crippen LogP contribution is 2.59. The Bertz CT molecular complexity index is 1240. The summed E-state index contributed by atoms with van der Waals surface area (Å²) in [6.45, 7) is 4.52. The lowest BCUT2D eigenvalue weighted by atomic mass is 9.47. The van der Waals surface area contributed by atoms with E-state index in [1.165, 1.54) is 30.0 Å². The molecule has 190 valence electrons. The third-order valence-electron chi connectivity index (χ3n) is 7.81. The number of hydrogen-bond acceptors (Lipinski definition) is 6. The monoisotopic (exact) mass is 548 g/mol. The van der Waals surface area contributed by atoms with E-state index in [2.05, 4.69) is 24.5 Å². The van der Waals surface area contributed by atoms with Crippen molar-refractivity contribution in [3.8, 4) is 17.2 Å². The van der Waals surface area contributed by atoms with E-state index >= 15 is 0 Å². The number of carbonyl (C=O) groups excluding carboxylic acids is 3. The fraction of sp³-hybridized carbons (Fsp3) is 0.423. The quantitative estimate of drug-likeness (QED) is 0.427. The third kappa shape index (κ3) is 4.55. The summed E-state index contributed by atoms with van der Waals surface area (Å²) < 4.78 is 5.91. The van der Waals surface area contributed by atoms with Crippen LogP contribution in [0, 0.1) is 17.3 Å². The van der Waals surface area contributed by atoms with Crippen LogP contribution in [0.1, 0.15) is 54.3 Å². The number of rotatable bonds is 5. The zero-order valence-electron chi connectivity index (χ0n) is 19.8. The van der Waals surface area contributed by atoms with E-state index in [0.717, 1.165) is 25.2 Å². The lowest BCUT2D eigenvalue weighted by Gasteiger charge is -2.60. The van der Waals surface area contributed by atoms with Gasteiger partial charge >= 0.3 is 0 Å². The van der Waals surface area contributed by atoms with Crippen LogP contribution in [0.25, 0.3) is 0 Å². The molecule has 2 bridgehead atoms. The lowest BCUT2D eigenvalue weighted by molar-refractivity contribution is -0.129. The molecule has 7 nitrogen and oxygen atoms in total. The smallest absolute Gasteiger partial charge is 0.255 e. The van der Waals surface area contributed by atoms with Crippen molar-refractivity contribution in [1.29, 1.82) is 0 Å². The van der Waals surface area contributed by atoms with E-state index in [-0.39, 0.29) is 61.9 Å². The highest BCUT2D eigenvalue weighted by atomic mass is 35.5. The first-order chi connectivity index (χ1) is 17.0. The number of ether oxygens (including phenoxy) is 1. The molecule has 0 radical (unpaired) electrons. The molecular weight excluding hydrogens is 523 g/mol. The zero-order chi connectivity index (χ0) is 25.8. The van der Waals surface area contributed by atoms with Gasteiger partial charge in [-0.05, 0) is 72.4 Å². The Labute approximate surface area is 223 Å². The summed E-state index contributed by atoms with van der Waals surface area (Å²) in [5.74, 6) is 0.469. The number of thioether (sulfide) groups is 1. The Kier molecular flexibility index (Phi) is 6.64. The van der Waals surface area contributed by atoms with Gasteiger partial charge in [-0.3, -0.25) is 19.7 Å². The molecule has 6 rings (SSSR count). The predicted octanol–water partition coefficient (Wildman–Crippen LogP) is 5.48. The molecular formula is C26H26Cl2N2O5S. The molecule has 4 unspecified atom stereocenters. The molecule has 2 aromatic carbocycles. The SMILES string of the molecule is CC1(C)C2CCC(NC(=O)c3cc(Oc4c(Cl)cc(C5SCC(=O)NC5=O)cc4Cl)ccc3O)C1C2. The van der Waals surface area contributed by atoms with Crippen LogP contribution in [-0.4, -0.2) is 34.6 Å². The lowest BCUT2D eigenvalue weighted by Crippen LogP contribution is -2.59. The minimum Gasteiger partial charge on any atom is -0.507 e. The Balaban J connectivity index is 1.33. The minimum atomic E-state index is -0.619. The molecule has 1 aliphatic heterocycles. The highest BCUT2D eigenvalue weighted by Gasteiger charge is 2.54. The number of benzene rings is 2. The summed E-state index contributed by atoms with van der Waals surface area (Å²) in [4.78, 5) is 36.7. The summed E-state index contributed by atoms with van der Waals surface area (Å²) in [6, 6.07) is 7.58. The van der Waals surface area contributed by atoms with E-state index in [9.17, 15) is 19.5 Å². The first kappa shape index (κ1) is 25.2. The topological polar surface area (TPSA) is 105 Å². The fourth-order valence-corrected chi connectivity index (χ4v) is 7.17. The average Bonchev–Trinajstić information content (AvgIpc) is 2.82. The third-order valence-corrected chi connectivity index (χ3v) is 9.62. The van der Waals surface area contributed by atoms with Gasteiger partial charge in [0, 0.05) is 6.04 Å². The first-order valence-corrected chi connectivity index (χ1v) is 13.6. The second-order valence-electron chi connectivity index (χ2n) is 10.2. The van der Waals surface area contributed by atoms with E-state index in [0.29, 0.717) is 11.5 Å². The van der Waals surface area contributed by atoms with Crippen molar-refractivity contribution >= 4 is 52.7 Å². The first-order valence-electron chi connectivity index (χ1n) is 11.8. The van der Waals surface area contributed by atoms with E-state index in [1.807, 2.05) is 0 Å². The maximum absolute atomic E-state index is 13.1. The molecule has 0 spiro atoms. The molecule has 3 aliphatic carbocycles. The Morgan fingerprint density at radius 1 is 1.17 bits per heavy atom. The van der Waals surface area contributed by atoms with Gasteiger partial charge in [-0.15, -0.1) is 11.8 Å². The molecule has 1 saturated heterocycles. The van der Waals surface area contributed by atoms with E-state index in [4.69, 9.17) is 27.9 Å². The van der Waals surface area contributed by atoms with Crippen molar-refractivity contribution in [3.05, 3.63) is 51.5 Å². The van der Waals surface area contributed by atoms with Gasteiger partial charge in [0.15, 0.2) is 5.75 Å². The predicted molar refractivity (Wildman–Crippen MR) is 139 cm³/mol.